The van der Waals surface area contributed by atoms with Crippen molar-refractivity contribution in [1.29, 1.82) is 0 Å². The first kappa shape index (κ1) is 14.3. The number of fused-ring (bicyclic) bond motifs is 1. The molecule has 20 heavy (non-hydrogen) atoms. The molecule has 2 rings (SSSR count). The molecule has 1 aliphatic heterocycles. The molecule has 0 bridgehead atoms. The Hall–Kier alpha value is -2.07. The molecule has 0 N–H and O–H groups in total. The van der Waals surface area contributed by atoms with Crippen LogP contribution in [0.25, 0.3) is 0 Å². The van der Waals surface area contributed by atoms with Crippen molar-refractivity contribution in [2.45, 2.75) is 26.4 Å². The highest BCUT2D eigenvalue weighted by atomic mass is 16.5. The lowest BCUT2D eigenvalue weighted by Gasteiger charge is -2.16. The maximum Gasteiger partial charge on any atom is 0.346 e. The number of amides is 1. The quantitative estimate of drug-likeness (QED) is 0.672. The van der Waals surface area contributed by atoms with E-state index in [1.165, 1.54) is 4.68 Å². The third kappa shape index (κ3) is 2.91. The Morgan fingerprint density at radius 3 is 2.90 bits per heavy atom. The summed E-state index contributed by atoms with van der Waals surface area (Å²) < 4.78 is 8.00. The van der Waals surface area contributed by atoms with Gasteiger partial charge in [0.05, 0.1) is 13.2 Å². The van der Waals surface area contributed by atoms with E-state index in [1.807, 2.05) is 0 Å². The summed E-state index contributed by atoms with van der Waals surface area (Å²) in [5, 5.41) is 4.30. The first-order chi connectivity index (χ1) is 9.67. The largest absolute Gasteiger partial charge is 0.383 e. The van der Waals surface area contributed by atoms with E-state index in [0.29, 0.717) is 45.0 Å². The number of carbonyl (C=O) groups is 1. The van der Waals surface area contributed by atoms with Gasteiger partial charge in [-0.2, -0.15) is 5.10 Å². The van der Waals surface area contributed by atoms with Gasteiger partial charge in [0, 0.05) is 33.2 Å². The van der Waals surface area contributed by atoms with Gasteiger partial charge in [-0.3, -0.25) is 9.36 Å². The molecule has 0 aliphatic carbocycles. The highest BCUT2D eigenvalue weighted by Crippen LogP contribution is 2.04. The second kappa shape index (κ2) is 6.39. The number of rotatable bonds is 3. The molecule has 7 nitrogen and oxygen atoms in total. The molecule has 1 aromatic heterocycles. The van der Waals surface area contributed by atoms with Crippen LogP contribution in [0.3, 0.4) is 0 Å². The van der Waals surface area contributed by atoms with Crippen LogP contribution in [0.1, 0.15) is 12.7 Å². The van der Waals surface area contributed by atoms with Gasteiger partial charge in [0.25, 0.3) is 5.91 Å². The molecule has 0 spiro atoms. The number of carbonyl (C=O) groups excluding carboxylic acids is 1. The Balaban J connectivity index is 2.13. The molecule has 2 heterocycles. The van der Waals surface area contributed by atoms with Crippen LogP contribution < -0.4 is 5.69 Å². The zero-order valence-corrected chi connectivity index (χ0v) is 11.8. The lowest BCUT2D eigenvalue weighted by Crippen LogP contribution is -2.34. The van der Waals surface area contributed by atoms with E-state index in [-0.39, 0.29) is 11.6 Å². The monoisotopic (exact) mass is 278 g/mol. The molecular weight excluding hydrogens is 260 g/mol. The van der Waals surface area contributed by atoms with Crippen LogP contribution in [0.4, 0.5) is 0 Å². The third-order valence-electron chi connectivity index (χ3n) is 3.22. The van der Waals surface area contributed by atoms with Gasteiger partial charge in [-0.25, -0.2) is 9.48 Å². The van der Waals surface area contributed by atoms with E-state index >= 15 is 0 Å². The minimum Gasteiger partial charge on any atom is -0.383 e. The number of hydrogen-bond donors (Lipinski definition) is 0. The van der Waals surface area contributed by atoms with Gasteiger partial charge >= 0.3 is 5.69 Å². The van der Waals surface area contributed by atoms with E-state index < -0.39 is 0 Å². The second-order valence-corrected chi connectivity index (χ2v) is 4.48. The second-order valence-electron chi connectivity index (χ2n) is 4.48. The smallest absolute Gasteiger partial charge is 0.346 e. The molecule has 108 valence electrons. The number of ether oxygens (including phenoxy) is 1. The van der Waals surface area contributed by atoms with Crippen molar-refractivity contribution >= 4 is 5.91 Å². The molecule has 0 unspecified atom stereocenters. The van der Waals surface area contributed by atoms with Crippen LogP contribution in [0.2, 0.25) is 0 Å². The molecule has 0 fully saturated rings. The molecule has 1 amide bonds. The van der Waals surface area contributed by atoms with Gasteiger partial charge in [-0.1, -0.05) is 5.92 Å². The van der Waals surface area contributed by atoms with Crippen molar-refractivity contribution in [3.05, 3.63) is 16.3 Å². The van der Waals surface area contributed by atoms with Gasteiger partial charge < -0.3 is 9.64 Å². The number of methoxy groups -OCH3 is 1. The predicted octanol–water partition coefficient (Wildman–Crippen LogP) is -0.901. The Morgan fingerprint density at radius 2 is 2.20 bits per heavy atom. The lowest BCUT2D eigenvalue weighted by atomic mass is 10.3. The molecule has 0 saturated heterocycles. The number of nitrogens with zero attached hydrogens (tertiary/aromatic N) is 4. The van der Waals surface area contributed by atoms with Gasteiger partial charge in [0.2, 0.25) is 0 Å². The van der Waals surface area contributed by atoms with Crippen LogP contribution in [0, 0.1) is 11.8 Å². The fourth-order valence-electron chi connectivity index (χ4n) is 2.18. The summed E-state index contributed by atoms with van der Waals surface area (Å²) in [5.74, 6) is 5.64. The predicted molar refractivity (Wildman–Crippen MR) is 72.1 cm³/mol. The molecular formula is C13H18N4O3. The summed E-state index contributed by atoms with van der Waals surface area (Å²) >= 11 is 0. The Kier molecular flexibility index (Phi) is 4.58. The molecule has 0 saturated carbocycles. The van der Waals surface area contributed by atoms with Crippen LogP contribution in [-0.4, -0.2) is 52.0 Å². The minimum atomic E-state index is -0.196. The van der Waals surface area contributed by atoms with Crippen molar-refractivity contribution < 1.29 is 9.53 Å². The van der Waals surface area contributed by atoms with Crippen molar-refractivity contribution in [3.63, 3.8) is 0 Å². The standard InChI is InChI=1S/C13H18N4O3/c1-3-4-12(18)15-6-5-11-14-17(9-10-20-2)13(19)16(11)8-7-15/h5-10H2,1-2H3. The maximum absolute atomic E-state index is 12.2. The van der Waals surface area contributed by atoms with Crippen LogP contribution in [0.15, 0.2) is 4.79 Å². The average molecular weight is 278 g/mol. The topological polar surface area (TPSA) is 69.4 Å². The molecule has 1 aromatic rings. The molecule has 7 heteroatoms. The van der Waals surface area contributed by atoms with Crippen molar-refractivity contribution in [2.24, 2.45) is 0 Å². The molecule has 1 aliphatic rings. The summed E-state index contributed by atoms with van der Waals surface area (Å²) in [6.45, 7) is 4.00. The van der Waals surface area contributed by atoms with Crippen LogP contribution in [-0.2, 0) is 29.0 Å². The van der Waals surface area contributed by atoms with E-state index in [1.54, 1.807) is 23.5 Å². The summed E-state index contributed by atoms with van der Waals surface area (Å²) in [7, 11) is 1.59. The van der Waals surface area contributed by atoms with Gasteiger partial charge in [-0.15, -0.1) is 0 Å². The minimum absolute atomic E-state index is 0.145. The maximum atomic E-state index is 12.2. The zero-order chi connectivity index (χ0) is 14.5. The number of hydrogen-bond acceptors (Lipinski definition) is 4. The summed E-state index contributed by atoms with van der Waals surface area (Å²) in [6, 6.07) is 0. The van der Waals surface area contributed by atoms with Crippen molar-refractivity contribution in [3.8, 4) is 11.8 Å². The molecule has 0 aromatic carbocycles. The highest BCUT2D eigenvalue weighted by molar-refractivity contribution is 5.93. The SMILES string of the molecule is CC#CC(=O)N1CCc2nn(CCOC)c(=O)n2CC1. The van der Waals surface area contributed by atoms with E-state index in [2.05, 4.69) is 16.9 Å². The fourth-order valence-corrected chi connectivity index (χ4v) is 2.18. The van der Waals surface area contributed by atoms with Crippen LogP contribution >= 0.6 is 0 Å². The van der Waals surface area contributed by atoms with Gasteiger partial charge in [0.1, 0.15) is 5.82 Å². The molecule has 0 atom stereocenters. The van der Waals surface area contributed by atoms with E-state index in [4.69, 9.17) is 4.74 Å². The third-order valence-corrected chi connectivity index (χ3v) is 3.22. The number of aromatic nitrogens is 3. The fraction of sp³-hybridized carbons (Fsp3) is 0.615. The van der Waals surface area contributed by atoms with E-state index in [9.17, 15) is 9.59 Å². The normalized spacial score (nSPS) is 14.2. The van der Waals surface area contributed by atoms with E-state index in [0.717, 1.165) is 0 Å². The summed E-state index contributed by atoms with van der Waals surface area (Å²) in [6.07, 6.45) is 0.562. The first-order valence-corrected chi connectivity index (χ1v) is 6.54. The van der Waals surface area contributed by atoms with Crippen molar-refractivity contribution in [1.82, 2.24) is 19.2 Å². The zero-order valence-electron chi connectivity index (χ0n) is 11.8. The van der Waals surface area contributed by atoms with Gasteiger partial charge in [-0.05, 0) is 12.8 Å². The summed E-state index contributed by atoms with van der Waals surface area (Å²) in [5.41, 5.74) is -0.145. The molecule has 0 radical (unpaired) electrons. The average Bonchev–Trinajstić information content (AvgIpc) is 2.62. The van der Waals surface area contributed by atoms with Crippen LogP contribution in [0.5, 0.6) is 0 Å². The Labute approximate surface area is 117 Å². The van der Waals surface area contributed by atoms with Gasteiger partial charge in [0.15, 0.2) is 0 Å². The first-order valence-electron chi connectivity index (χ1n) is 6.54. The Morgan fingerprint density at radius 1 is 1.40 bits per heavy atom. The highest BCUT2D eigenvalue weighted by Gasteiger charge is 2.21. The Bertz CT molecular complexity index is 605. The van der Waals surface area contributed by atoms with Crippen molar-refractivity contribution in [2.75, 3.05) is 26.8 Å². The lowest BCUT2D eigenvalue weighted by molar-refractivity contribution is -0.125. The summed E-state index contributed by atoms with van der Waals surface area (Å²) in [4.78, 5) is 25.5.